The molecule has 2 aromatic rings. The molecule has 0 saturated heterocycles. The molecule has 0 radical (unpaired) electrons. The highest BCUT2D eigenvalue weighted by atomic mass is 79.9. The molecule has 0 unspecified atom stereocenters. The summed E-state index contributed by atoms with van der Waals surface area (Å²) in [5, 5.41) is 7.09. The van der Waals surface area contributed by atoms with E-state index in [0.29, 0.717) is 24.5 Å². The van der Waals surface area contributed by atoms with Crippen LogP contribution in [0.25, 0.3) is 0 Å². The number of aromatic amines is 1. The van der Waals surface area contributed by atoms with Crippen molar-refractivity contribution in [3.8, 4) is 11.5 Å². The van der Waals surface area contributed by atoms with E-state index >= 15 is 0 Å². The Bertz CT molecular complexity index is 745. The van der Waals surface area contributed by atoms with E-state index in [2.05, 4.69) is 45.4 Å². The van der Waals surface area contributed by atoms with E-state index in [-0.39, 0.29) is 0 Å². The predicted octanol–water partition coefficient (Wildman–Crippen LogP) is 4.59. The summed E-state index contributed by atoms with van der Waals surface area (Å²) in [4.78, 5) is 0. The van der Waals surface area contributed by atoms with Gasteiger partial charge in [0.25, 0.3) is 0 Å². The fourth-order valence-electron chi connectivity index (χ4n) is 2.38. The Morgan fingerprint density at radius 2 is 2.04 bits per heavy atom. The van der Waals surface area contributed by atoms with Gasteiger partial charge in [0.1, 0.15) is 0 Å². The third-order valence-corrected chi connectivity index (χ3v) is 4.34. The van der Waals surface area contributed by atoms with Gasteiger partial charge in [-0.2, -0.15) is 5.10 Å². The Morgan fingerprint density at radius 3 is 2.72 bits per heavy atom. The van der Waals surface area contributed by atoms with Crippen LogP contribution in [0.2, 0.25) is 0 Å². The number of nitrogens with zero attached hydrogens (tertiary/aromatic N) is 2. The van der Waals surface area contributed by atoms with Gasteiger partial charge in [-0.1, -0.05) is 13.8 Å². The molecule has 6 nitrogen and oxygen atoms in total. The van der Waals surface area contributed by atoms with E-state index in [0.717, 1.165) is 46.6 Å². The Balaban J connectivity index is 2.19. The van der Waals surface area contributed by atoms with Gasteiger partial charge in [-0.15, -0.1) is 0 Å². The first-order valence-corrected chi connectivity index (χ1v) is 9.78. The van der Waals surface area contributed by atoms with Gasteiger partial charge in [-0.25, -0.2) is 4.68 Å². The summed E-state index contributed by atoms with van der Waals surface area (Å²) in [6.07, 6.45) is 2.81. The number of hydrogen-bond donors (Lipinski definition) is 2. The number of rotatable bonds is 10. The normalized spacial score (nSPS) is 10.7. The third kappa shape index (κ3) is 5.22. The molecule has 0 bridgehead atoms. The van der Waals surface area contributed by atoms with Crippen molar-refractivity contribution in [3.63, 3.8) is 0 Å². The van der Waals surface area contributed by atoms with Crippen LogP contribution in [-0.4, -0.2) is 28.1 Å². The second-order valence-electron chi connectivity index (χ2n) is 5.55. The van der Waals surface area contributed by atoms with E-state index in [1.165, 1.54) is 0 Å². The summed E-state index contributed by atoms with van der Waals surface area (Å²) < 4.78 is 14.8. The van der Waals surface area contributed by atoms with Crippen LogP contribution in [0.3, 0.4) is 0 Å². The van der Waals surface area contributed by atoms with Crippen molar-refractivity contribution in [3.05, 3.63) is 32.8 Å². The average Bonchev–Trinajstić information content (AvgIpc) is 2.93. The molecule has 0 spiro atoms. The van der Waals surface area contributed by atoms with Gasteiger partial charge >= 0.3 is 0 Å². The van der Waals surface area contributed by atoms with Crippen LogP contribution in [0.1, 0.15) is 45.0 Å². The van der Waals surface area contributed by atoms with E-state index in [1.54, 1.807) is 0 Å². The minimum Gasteiger partial charge on any atom is -0.490 e. The van der Waals surface area contributed by atoms with Crippen molar-refractivity contribution in [1.82, 2.24) is 14.9 Å². The lowest BCUT2D eigenvalue weighted by molar-refractivity contribution is 0.275. The largest absolute Gasteiger partial charge is 0.490 e. The van der Waals surface area contributed by atoms with E-state index in [1.807, 2.05) is 23.7 Å². The van der Waals surface area contributed by atoms with Gasteiger partial charge in [-0.3, -0.25) is 5.10 Å². The molecule has 1 heterocycles. The number of aromatic nitrogens is 3. The highest BCUT2D eigenvalue weighted by Gasteiger charge is 2.13. The second kappa shape index (κ2) is 9.82. The molecule has 1 aromatic carbocycles. The minimum absolute atomic E-state index is 0.565. The predicted molar refractivity (Wildman–Crippen MR) is 106 cm³/mol. The standard InChI is InChI=1S/C17H25BrN4O2S/c1-4-7-15-20-21-17(25)22(15)19-11-12-9-13(18)16(24-8-5-2)14(10-12)23-6-3/h9-10,19H,4-8,11H2,1-3H3,(H,21,25). The molecule has 0 aliphatic heterocycles. The third-order valence-electron chi connectivity index (χ3n) is 3.48. The number of nitrogens with one attached hydrogen (secondary N) is 2. The molecule has 2 N–H and O–H groups in total. The summed E-state index contributed by atoms with van der Waals surface area (Å²) in [6.45, 7) is 7.99. The molecule has 0 aliphatic rings. The van der Waals surface area contributed by atoms with Crippen molar-refractivity contribution in [2.24, 2.45) is 0 Å². The Kier molecular flexibility index (Phi) is 7.77. The lowest BCUT2D eigenvalue weighted by Crippen LogP contribution is -2.17. The lowest BCUT2D eigenvalue weighted by Gasteiger charge is -2.16. The smallest absolute Gasteiger partial charge is 0.214 e. The highest BCUT2D eigenvalue weighted by Crippen LogP contribution is 2.37. The lowest BCUT2D eigenvalue weighted by atomic mass is 10.2. The fourth-order valence-corrected chi connectivity index (χ4v) is 3.20. The first kappa shape index (κ1) is 19.8. The van der Waals surface area contributed by atoms with Gasteiger partial charge < -0.3 is 14.9 Å². The molecular weight excluding hydrogens is 404 g/mol. The van der Waals surface area contributed by atoms with Crippen LogP contribution in [-0.2, 0) is 13.0 Å². The van der Waals surface area contributed by atoms with Crippen molar-refractivity contribution >= 4 is 28.1 Å². The highest BCUT2D eigenvalue weighted by molar-refractivity contribution is 9.10. The number of benzene rings is 1. The number of H-pyrrole nitrogens is 1. The topological polar surface area (TPSA) is 64.1 Å². The summed E-state index contributed by atoms with van der Waals surface area (Å²) >= 11 is 8.88. The maximum absolute atomic E-state index is 5.82. The zero-order valence-electron chi connectivity index (χ0n) is 14.9. The van der Waals surface area contributed by atoms with E-state index in [4.69, 9.17) is 21.7 Å². The Labute approximate surface area is 162 Å². The maximum atomic E-state index is 5.82. The summed E-state index contributed by atoms with van der Waals surface area (Å²) in [5.74, 6) is 2.39. The summed E-state index contributed by atoms with van der Waals surface area (Å²) in [7, 11) is 0. The molecule has 1 aromatic heterocycles. The number of halogens is 1. The summed E-state index contributed by atoms with van der Waals surface area (Å²) in [6, 6.07) is 4.03. The number of aryl methyl sites for hydroxylation is 1. The Hall–Kier alpha value is -1.54. The fraction of sp³-hybridized carbons (Fsp3) is 0.529. The molecule has 8 heteroatoms. The molecule has 0 atom stereocenters. The van der Waals surface area contributed by atoms with Gasteiger partial charge in [0.15, 0.2) is 17.3 Å². The first-order valence-electron chi connectivity index (χ1n) is 8.58. The molecule has 0 amide bonds. The van der Waals surface area contributed by atoms with Crippen molar-refractivity contribution in [2.75, 3.05) is 18.6 Å². The minimum atomic E-state index is 0.565. The molecular formula is C17H25BrN4O2S. The van der Waals surface area contributed by atoms with Crippen molar-refractivity contribution in [2.45, 2.75) is 46.6 Å². The van der Waals surface area contributed by atoms with Crippen LogP contribution < -0.4 is 14.9 Å². The van der Waals surface area contributed by atoms with Gasteiger partial charge in [0.05, 0.1) is 24.2 Å². The SMILES string of the molecule is CCCOc1c(Br)cc(CNn2c(CCC)n[nH]c2=S)cc1OCC. The summed E-state index contributed by atoms with van der Waals surface area (Å²) in [5.41, 5.74) is 4.38. The molecule has 2 rings (SSSR count). The number of ether oxygens (including phenoxy) is 2. The molecule has 0 saturated carbocycles. The second-order valence-corrected chi connectivity index (χ2v) is 6.79. The van der Waals surface area contributed by atoms with Crippen LogP contribution in [0.5, 0.6) is 11.5 Å². The van der Waals surface area contributed by atoms with Crippen molar-refractivity contribution in [1.29, 1.82) is 0 Å². The average molecular weight is 429 g/mol. The van der Waals surface area contributed by atoms with Gasteiger partial charge in [0, 0.05) is 6.42 Å². The zero-order valence-corrected chi connectivity index (χ0v) is 17.3. The van der Waals surface area contributed by atoms with Crippen LogP contribution in [0.4, 0.5) is 0 Å². The first-order chi connectivity index (χ1) is 12.1. The van der Waals surface area contributed by atoms with Gasteiger partial charge in [-0.05, 0) is 65.6 Å². The van der Waals surface area contributed by atoms with Crippen LogP contribution in [0, 0.1) is 4.77 Å². The molecule has 25 heavy (non-hydrogen) atoms. The Morgan fingerprint density at radius 1 is 1.24 bits per heavy atom. The zero-order chi connectivity index (χ0) is 18.2. The van der Waals surface area contributed by atoms with Crippen LogP contribution >= 0.6 is 28.1 Å². The molecule has 0 aliphatic carbocycles. The van der Waals surface area contributed by atoms with Gasteiger partial charge in [0.2, 0.25) is 4.77 Å². The quantitative estimate of drug-likeness (QED) is 0.541. The molecule has 138 valence electrons. The van der Waals surface area contributed by atoms with E-state index < -0.39 is 0 Å². The maximum Gasteiger partial charge on any atom is 0.214 e. The van der Waals surface area contributed by atoms with Crippen molar-refractivity contribution < 1.29 is 9.47 Å². The van der Waals surface area contributed by atoms with Crippen LogP contribution in [0.15, 0.2) is 16.6 Å². The van der Waals surface area contributed by atoms with E-state index in [9.17, 15) is 0 Å². The number of hydrogen-bond acceptors (Lipinski definition) is 5. The molecule has 0 fully saturated rings. The monoisotopic (exact) mass is 428 g/mol.